The highest BCUT2D eigenvalue weighted by molar-refractivity contribution is 6.43. The summed E-state index contributed by atoms with van der Waals surface area (Å²) in [4.78, 5) is 38.7. The van der Waals surface area contributed by atoms with Crippen molar-refractivity contribution in [3.8, 4) is 17.2 Å². The average Bonchev–Trinajstić information content (AvgIpc) is 3.01. The molecule has 7 heteroatoms. The lowest BCUT2D eigenvalue weighted by atomic mass is 9.97. The minimum Gasteiger partial charge on any atom is -0.493 e. The number of likely N-dealkylation sites (tertiary alicyclic amines) is 1. The molecular weight excluding hydrogens is 350 g/mol. The molecule has 0 radical (unpaired) electrons. The average molecular weight is 369 g/mol. The summed E-state index contributed by atoms with van der Waals surface area (Å²) in [5.41, 5.74) is 0.871. The molecule has 1 saturated heterocycles. The van der Waals surface area contributed by atoms with Crippen LogP contribution in [0.1, 0.15) is 21.8 Å². The predicted molar refractivity (Wildman–Crippen MR) is 96.3 cm³/mol. The first kappa shape index (κ1) is 18.4. The van der Waals surface area contributed by atoms with Crippen LogP contribution in [-0.4, -0.2) is 50.4 Å². The molecule has 140 valence electrons. The number of ketones is 1. The van der Waals surface area contributed by atoms with Crippen molar-refractivity contribution in [3.63, 3.8) is 0 Å². The van der Waals surface area contributed by atoms with Crippen molar-refractivity contribution < 1.29 is 28.6 Å². The lowest BCUT2D eigenvalue weighted by molar-refractivity contribution is -0.139. The number of methoxy groups -OCH3 is 3. The monoisotopic (exact) mass is 369 g/mol. The fraction of sp³-hybridized carbons (Fsp3) is 0.250. The molecule has 1 aliphatic heterocycles. The summed E-state index contributed by atoms with van der Waals surface area (Å²) in [5, 5.41) is 0. The summed E-state index contributed by atoms with van der Waals surface area (Å²) >= 11 is 0. The predicted octanol–water partition coefficient (Wildman–Crippen LogP) is 2.05. The van der Waals surface area contributed by atoms with Crippen LogP contribution in [0.5, 0.6) is 17.2 Å². The Morgan fingerprint density at radius 3 is 2.07 bits per heavy atom. The number of rotatable bonds is 5. The SMILES string of the molecule is COc1cc(C(=O)N2C[C@@H](c3ccccc3)C(=O)C2=O)cc(OC)c1OC. The number of carbonyl (C=O) groups excluding carboxylic acids is 3. The zero-order valence-corrected chi connectivity index (χ0v) is 15.2. The van der Waals surface area contributed by atoms with E-state index < -0.39 is 23.5 Å². The quantitative estimate of drug-likeness (QED) is 0.593. The Morgan fingerprint density at radius 2 is 1.56 bits per heavy atom. The Hall–Kier alpha value is -3.35. The van der Waals surface area contributed by atoms with E-state index in [4.69, 9.17) is 14.2 Å². The van der Waals surface area contributed by atoms with Gasteiger partial charge in [0.2, 0.25) is 11.5 Å². The summed E-state index contributed by atoms with van der Waals surface area (Å²) in [5.74, 6) is -1.75. The zero-order chi connectivity index (χ0) is 19.6. The number of hydrogen-bond acceptors (Lipinski definition) is 6. The lowest BCUT2D eigenvalue weighted by Gasteiger charge is -2.17. The van der Waals surface area contributed by atoms with Crippen molar-refractivity contribution in [1.29, 1.82) is 0 Å². The van der Waals surface area contributed by atoms with Gasteiger partial charge in [-0.05, 0) is 17.7 Å². The highest BCUT2D eigenvalue weighted by atomic mass is 16.5. The van der Waals surface area contributed by atoms with Crippen LogP contribution in [0.25, 0.3) is 0 Å². The fourth-order valence-corrected chi connectivity index (χ4v) is 3.11. The summed E-state index contributed by atoms with van der Waals surface area (Å²) in [7, 11) is 4.32. The van der Waals surface area contributed by atoms with Gasteiger partial charge in [0.1, 0.15) is 0 Å². The minimum atomic E-state index is -0.817. The van der Waals surface area contributed by atoms with Gasteiger partial charge in [0.25, 0.3) is 11.8 Å². The second kappa shape index (κ2) is 7.49. The largest absolute Gasteiger partial charge is 0.493 e. The van der Waals surface area contributed by atoms with Gasteiger partial charge in [-0.1, -0.05) is 30.3 Å². The number of Topliss-reactive ketones (excluding diaryl/α,β-unsaturated/α-hetero) is 1. The molecule has 0 N–H and O–H groups in total. The molecule has 1 aliphatic rings. The Kier molecular flexibility index (Phi) is 5.12. The third kappa shape index (κ3) is 3.23. The van der Waals surface area contributed by atoms with Crippen LogP contribution in [0.2, 0.25) is 0 Å². The molecule has 27 heavy (non-hydrogen) atoms. The van der Waals surface area contributed by atoms with Gasteiger partial charge in [0, 0.05) is 12.1 Å². The molecule has 3 rings (SSSR count). The fourth-order valence-electron chi connectivity index (χ4n) is 3.11. The van der Waals surface area contributed by atoms with E-state index in [9.17, 15) is 14.4 Å². The number of imide groups is 1. The van der Waals surface area contributed by atoms with Crippen LogP contribution in [0.4, 0.5) is 0 Å². The van der Waals surface area contributed by atoms with Gasteiger partial charge in [0.15, 0.2) is 11.5 Å². The molecule has 1 fully saturated rings. The first-order valence-corrected chi connectivity index (χ1v) is 8.26. The van der Waals surface area contributed by atoms with Gasteiger partial charge in [-0.15, -0.1) is 0 Å². The van der Waals surface area contributed by atoms with Crippen molar-refractivity contribution in [2.24, 2.45) is 0 Å². The Bertz CT molecular complexity index is 868. The van der Waals surface area contributed by atoms with E-state index in [1.807, 2.05) is 6.07 Å². The first-order chi connectivity index (χ1) is 13.0. The molecular formula is C20H19NO6. The van der Waals surface area contributed by atoms with E-state index >= 15 is 0 Å². The van der Waals surface area contributed by atoms with E-state index in [0.717, 1.165) is 4.90 Å². The van der Waals surface area contributed by atoms with Crippen molar-refractivity contribution in [3.05, 3.63) is 53.6 Å². The van der Waals surface area contributed by atoms with Gasteiger partial charge in [-0.2, -0.15) is 0 Å². The molecule has 1 heterocycles. The number of amides is 2. The van der Waals surface area contributed by atoms with Crippen LogP contribution in [0.15, 0.2) is 42.5 Å². The molecule has 0 unspecified atom stereocenters. The van der Waals surface area contributed by atoms with Crippen LogP contribution in [0.3, 0.4) is 0 Å². The van der Waals surface area contributed by atoms with Gasteiger partial charge in [-0.25, -0.2) is 0 Å². The molecule has 2 aromatic rings. The smallest absolute Gasteiger partial charge is 0.297 e. The molecule has 0 spiro atoms. The third-order valence-corrected chi connectivity index (χ3v) is 4.50. The number of benzene rings is 2. The van der Waals surface area contributed by atoms with E-state index in [2.05, 4.69) is 0 Å². The highest BCUT2D eigenvalue weighted by Gasteiger charge is 2.43. The van der Waals surface area contributed by atoms with Crippen LogP contribution in [-0.2, 0) is 9.59 Å². The second-order valence-electron chi connectivity index (χ2n) is 5.96. The Balaban J connectivity index is 1.94. The van der Waals surface area contributed by atoms with Crippen LogP contribution in [0, 0.1) is 0 Å². The van der Waals surface area contributed by atoms with E-state index in [-0.39, 0.29) is 23.6 Å². The van der Waals surface area contributed by atoms with E-state index in [1.165, 1.54) is 33.5 Å². The molecule has 2 amide bonds. The number of hydrogen-bond donors (Lipinski definition) is 0. The zero-order valence-electron chi connectivity index (χ0n) is 15.2. The number of ether oxygens (including phenoxy) is 3. The highest BCUT2D eigenvalue weighted by Crippen LogP contribution is 2.39. The molecule has 0 aromatic heterocycles. The van der Waals surface area contributed by atoms with Gasteiger partial charge in [0.05, 0.1) is 27.2 Å². The van der Waals surface area contributed by atoms with Crippen molar-refractivity contribution in [2.45, 2.75) is 5.92 Å². The van der Waals surface area contributed by atoms with E-state index in [1.54, 1.807) is 24.3 Å². The summed E-state index contributed by atoms with van der Waals surface area (Å²) in [6, 6.07) is 11.8. The topological polar surface area (TPSA) is 82.1 Å². The normalized spacial score (nSPS) is 16.4. The van der Waals surface area contributed by atoms with Crippen LogP contribution < -0.4 is 14.2 Å². The summed E-state index contributed by atoms with van der Waals surface area (Å²) in [6.07, 6.45) is 0. The van der Waals surface area contributed by atoms with Crippen molar-refractivity contribution in [1.82, 2.24) is 4.90 Å². The summed E-state index contributed by atoms with van der Waals surface area (Å²) in [6.45, 7) is -0.00280. The van der Waals surface area contributed by atoms with Crippen LogP contribution >= 0.6 is 0 Å². The van der Waals surface area contributed by atoms with Gasteiger partial charge in [-0.3, -0.25) is 19.3 Å². The minimum absolute atomic E-state index is 0.00280. The standard InChI is InChI=1S/C20H19NO6/c1-25-15-9-13(10-16(26-2)18(15)27-3)19(23)21-11-14(17(22)20(21)24)12-7-5-4-6-8-12/h4-10,14H,11H2,1-3H3/t14-/m0/s1. The van der Waals surface area contributed by atoms with E-state index in [0.29, 0.717) is 11.3 Å². The lowest BCUT2D eigenvalue weighted by Crippen LogP contribution is -2.33. The first-order valence-electron chi connectivity index (χ1n) is 8.26. The maximum absolute atomic E-state index is 12.9. The maximum atomic E-state index is 12.9. The molecule has 0 aliphatic carbocycles. The molecule has 0 saturated carbocycles. The Labute approximate surface area is 156 Å². The third-order valence-electron chi connectivity index (χ3n) is 4.50. The molecule has 0 bridgehead atoms. The Morgan fingerprint density at radius 1 is 0.963 bits per heavy atom. The van der Waals surface area contributed by atoms with Gasteiger partial charge < -0.3 is 14.2 Å². The summed E-state index contributed by atoms with van der Waals surface area (Å²) < 4.78 is 15.7. The molecule has 2 aromatic carbocycles. The van der Waals surface area contributed by atoms with Crippen molar-refractivity contribution in [2.75, 3.05) is 27.9 Å². The number of carbonyl (C=O) groups is 3. The maximum Gasteiger partial charge on any atom is 0.297 e. The molecule has 1 atom stereocenters. The van der Waals surface area contributed by atoms with Crippen molar-refractivity contribution >= 4 is 17.6 Å². The van der Waals surface area contributed by atoms with Gasteiger partial charge >= 0.3 is 0 Å². The number of nitrogens with zero attached hydrogens (tertiary/aromatic N) is 1. The molecule has 7 nitrogen and oxygen atoms in total. The second-order valence-corrected chi connectivity index (χ2v) is 5.96.